The van der Waals surface area contributed by atoms with Crippen molar-refractivity contribution in [1.82, 2.24) is 5.32 Å². The second-order valence-corrected chi connectivity index (χ2v) is 10.0. The Morgan fingerprint density at radius 2 is 1.71 bits per heavy atom. The molecule has 180 valence electrons. The molecule has 0 unspecified atom stereocenters. The van der Waals surface area contributed by atoms with Gasteiger partial charge in [0.05, 0.1) is 17.9 Å². The number of aliphatic carboxylic acids is 1. The van der Waals surface area contributed by atoms with Crippen molar-refractivity contribution >= 4 is 39.0 Å². The number of carboxylic acids is 1. The number of guanidine groups is 1. The van der Waals surface area contributed by atoms with Crippen LogP contribution in [0.1, 0.15) is 27.6 Å². The largest absolute Gasteiger partial charge is 0.481 e. The number of anilines is 2. The quantitative estimate of drug-likeness (QED) is 0.379. The fraction of sp³-hybridized carbons (Fsp3) is 0.160. The fourth-order valence-corrected chi connectivity index (χ4v) is 5.41. The molecule has 0 fully saturated rings. The first-order chi connectivity index (χ1) is 16.8. The second-order valence-electron chi connectivity index (χ2n) is 7.88. The zero-order valence-electron chi connectivity index (χ0n) is 18.6. The smallest absolute Gasteiger partial charge is 0.305 e. The first-order valence-electron chi connectivity index (χ1n) is 10.9. The van der Waals surface area contributed by atoms with Gasteiger partial charge in [0.1, 0.15) is 5.25 Å². The normalized spacial score (nSPS) is 13.9. The first-order valence-corrected chi connectivity index (χ1v) is 12.4. The van der Waals surface area contributed by atoms with Gasteiger partial charge in [-0.05, 0) is 48.0 Å². The molecule has 1 atom stereocenters. The Labute approximate surface area is 202 Å². The van der Waals surface area contributed by atoms with Gasteiger partial charge in [0, 0.05) is 23.5 Å². The number of nitrogens with zero attached hydrogens (tertiary/aromatic N) is 1. The topological polar surface area (TPSA) is 137 Å². The molecule has 0 bridgehead atoms. The summed E-state index contributed by atoms with van der Waals surface area (Å²) in [5, 5.41) is 17.0. The number of hydrogen-bond acceptors (Lipinski definition) is 7. The van der Waals surface area contributed by atoms with Gasteiger partial charge in [0.2, 0.25) is 0 Å². The number of carbonyl (C=O) groups excluding carboxylic acids is 1. The summed E-state index contributed by atoms with van der Waals surface area (Å²) in [4.78, 5) is 28.3. The molecule has 3 aromatic carbocycles. The summed E-state index contributed by atoms with van der Waals surface area (Å²) in [6, 6.07) is 20.9. The number of carboxylic acid groups (broad SMARTS) is 1. The van der Waals surface area contributed by atoms with E-state index in [-0.39, 0.29) is 10.8 Å². The van der Waals surface area contributed by atoms with E-state index in [9.17, 15) is 23.1 Å². The number of amides is 1. The molecule has 3 aromatic rings. The van der Waals surface area contributed by atoms with Crippen molar-refractivity contribution in [1.29, 1.82) is 0 Å². The zero-order valence-corrected chi connectivity index (χ0v) is 19.5. The van der Waals surface area contributed by atoms with Crippen LogP contribution in [0.5, 0.6) is 0 Å². The Balaban J connectivity index is 1.49. The van der Waals surface area contributed by atoms with E-state index in [1.54, 1.807) is 48.5 Å². The Hall–Kier alpha value is -4.18. The summed E-state index contributed by atoms with van der Waals surface area (Å²) in [5.74, 6) is -0.923. The highest BCUT2D eigenvalue weighted by Gasteiger charge is 2.31. The van der Waals surface area contributed by atoms with E-state index in [0.717, 1.165) is 6.54 Å². The molecule has 1 amide bonds. The summed E-state index contributed by atoms with van der Waals surface area (Å²) in [7, 11) is -3.98. The molecule has 4 rings (SSSR count). The zero-order chi connectivity index (χ0) is 24.8. The SMILES string of the molecule is O=C(O)C[C@@H](c1ccccc1)S(=O)(=O)c1ccc(NC(=O)c2cccc(NC3=NCCN3)c2)cc1. The molecule has 0 spiro atoms. The van der Waals surface area contributed by atoms with E-state index in [0.29, 0.717) is 35.0 Å². The van der Waals surface area contributed by atoms with Gasteiger partial charge in [-0.15, -0.1) is 0 Å². The van der Waals surface area contributed by atoms with Crippen LogP contribution in [0.3, 0.4) is 0 Å². The van der Waals surface area contributed by atoms with Crippen molar-refractivity contribution in [3.8, 4) is 0 Å². The molecule has 0 saturated carbocycles. The first kappa shape index (κ1) is 24.0. The molecule has 0 saturated heterocycles. The average Bonchev–Trinajstić information content (AvgIpc) is 3.36. The predicted molar refractivity (Wildman–Crippen MR) is 133 cm³/mol. The van der Waals surface area contributed by atoms with Crippen LogP contribution in [0.2, 0.25) is 0 Å². The number of sulfone groups is 1. The van der Waals surface area contributed by atoms with Crippen molar-refractivity contribution in [3.05, 3.63) is 90.0 Å². The molecule has 1 heterocycles. The van der Waals surface area contributed by atoms with Crippen molar-refractivity contribution in [3.63, 3.8) is 0 Å². The standard InChI is InChI=1S/C25H24N4O5S/c30-23(31)16-22(17-5-2-1-3-6-17)35(33,34)21-11-9-19(10-12-21)28-24(32)18-7-4-8-20(15-18)29-25-26-13-14-27-25/h1-12,15,22H,13-14,16H2,(H,28,32)(H,30,31)(H2,26,27,29)/t22-/m0/s1. The van der Waals surface area contributed by atoms with E-state index in [1.165, 1.54) is 24.3 Å². The van der Waals surface area contributed by atoms with E-state index in [1.807, 2.05) is 6.07 Å². The maximum atomic E-state index is 13.2. The minimum atomic E-state index is -3.98. The van der Waals surface area contributed by atoms with Crippen LogP contribution in [-0.2, 0) is 14.6 Å². The van der Waals surface area contributed by atoms with Gasteiger partial charge in [-0.2, -0.15) is 0 Å². The fourth-order valence-electron chi connectivity index (χ4n) is 3.69. The predicted octanol–water partition coefficient (Wildman–Crippen LogP) is 3.30. The summed E-state index contributed by atoms with van der Waals surface area (Å²) in [5.41, 5.74) is 1.93. The van der Waals surface area contributed by atoms with E-state index in [4.69, 9.17) is 0 Å². The monoisotopic (exact) mass is 492 g/mol. The van der Waals surface area contributed by atoms with Crippen LogP contribution < -0.4 is 16.0 Å². The molecule has 0 aromatic heterocycles. The Kier molecular flexibility index (Phi) is 7.11. The highest BCUT2D eigenvalue weighted by atomic mass is 32.2. The molecule has 0 radical (unpaired) electrons. The summed E-state index contributed by atoms with van der Waals surface area (Å²) in [6.45, 7) is 1.45. The molecule has 4 N–H and O–H groups in total. The second kappa shape index (κ2) is 10.4. The molecule has 35 heavy (non-hydrogen) atoms. The third-order valence-electron chi connectivity index (χ3n) is 5.41. The lowest BCUT2D eigenvalue weighted by Crippen LogP contribution is -2.26. The average molecular weight is 493 g/mol. The van der Waals surface area contributed by atoms with Crippen LogP contribution >= 0.6 is 0 Å². The maximum Gasteiger partial charge on any atom is 0.305 e. The third kappa shape index (κ3) is 5.85. The van der Waals surface area contributed by atoms with Gasteiger partial charge in [-0.1, -0.05) is 36.4 Å². The lowest BCUT2D eigenvalue weighted by molar-refractivity contribution is -0.137. The number of hydrogen-bond donors (Lipinski definition) is 4. The van der Waals surface area contributed by atoms with Gasteiger partial charge in [-0.25, -0.2) is 8.42 Å². The van der Waals surface area contributed by atoms with Crippen LogP contribution in [0.15, 0.2) is 88.8 Å². The molecular weight excluding hydrogens is 468 g/mol. The van der Waals surface area contributed by atoms with Crippen molar-refractivity contribution in [2.24, 2.45) is 4.99 Å². The van der Waals surface area contributed by atoms with Gasteiger partial charge in [0.25, 0.3) is 5.91 Å². The Morgan fingerprint density at radius 3 is 2.37 bits per heavy atom. The number of nitrogens with one attached hydrogen (secondary N) is 3. The molecule has 9 nitrogen and oxygen atoms in total. The lowest BCUT2D eigenvalue weighted by atomic mass is 10.1. The third-order valence-corrected chi connectivity index (χ3v) is 7.53. The molecule has 10 heteroatoms. The van der Waals surface area contributed by atoms with E-state index < -0.39 is 27.5 Å². The van der Waals surface area contributed by atoms with Crippen molar-refractivity contribution in [2.45, 2.75) is 16.6 Å². The van der Waals surface area contributed by atoms with Crippen LogP contribution in [0, 0.1) is 0 Å². The van der Waals surface area contributed by atoms with Crippen LogP contribution in [0.25, 0.3) is 0 Å². The van der Waals surface area contributed by atoms with Gasteiger partial charge in [0.15, 0.2) is 15.8 Å². The van der Waals surface area contributed by atoms with Gasteiger partial charge in [-0.3, -0.25) is 14.6 Å². The van der Waals surface area contributed by atoms with Crippen LogP contribution in [0.4, 0.5) is 11.4 Å². The highest BCUT2D eigenvalue weighted by Crippen LogP contribution is 2.32. The number of benzene rings is 3. The summed E-state index contributed by atoms with van der Waals surface area (Å²) < 4.78 is 26.5. The Morgan fingerprint density at radius 1 is 0.971 bits per heavy atom. The van der Waals surface area contributed by atoms with Gasteiger partial charge < -0.3 is 21.1 Å². The number of aliphatic imine (C=N–C) groups is 1. The van der Waals surface area contributed by atoms with E-state index in [2.05, 4.69) is 20.9 Å². The lowest BCUT2D eigenvalue weighted by Gasteiger charge is -2.17. The minimum Gasteiger partial charge on any atom is -0.481 e. The maximum absolute atomic E-state index is 13.2. The molecular formula is C25H24N4O5S. The number of rotatable bonds is 8. The summed E-state index contributed by atoms with van der Waals surface area (Å²) >= 11 is 0. The number of carbonyl (C=O) groups is 2. The van der Waals surface area contributed by atoms with Crippen molar-refractivity contribution < 1.29 is 23.1 Å². The Bertz CT molecular complexity index is 1360. The van der Waals surface area contributed by atoms with E-state index >= 15 is 0 Å². The van der Waals surface area contributed by atoms with Gasteiger partial charge >= 0.3 is 5.97 Å². The summed E-state index contributed by atoms with van der Waals surface area (Å²) in [6.07, 6.45) is -0.558. The van der Waals surface area contributed by atoms with Crippen molar-refractivity contribution in [2.75, 3.05) is 23.7 Å². The highest BCUT2D eigenvalue weighted by molar-refractivity contribution is 7.91. The molecule has 0 aliphatic carbocycles. The molecule has 1 aliphatic heterocycles. The van der Waals surface area contributed by atoms with Crippen LogP contribution in [-0.4, -0.2) is 44.4 Å². The minimum absolute atomic E-state index is 0.0263. The molecule has 1 aliphatic rings.